The smallest absolute Gasteiger partial charge is 0.135 e. The lowest BCUT2D eigenvalue weighted by molar-refractivity contribution is 0.831. The van der Waals surface area contributed by atoms with Crippen LogP contribution < -0.4 is 5.73 Å². The number of nitrogens with zero attached hydrogens (tertiary/aromatic N) is 1. The molecule has 1 aromatic carbocycles. The van der Waals surface area contributed by atoms with Gasteiger partial charge in [0.15, 0.2) is 0 Å². The van der Waals surface area contributed by atoms with E-state index in [2.05, 4.69) is 37.9 Å². The molecule has 94 valence electrons. The van der Waals surface area contributed by atoms with Gasteiger partial charge in [0.1, 0.15) is 10.8 Å². The number of nitrogens with one attached hydrogen (secondary N) is 1. The van der Waals surface area contributed by atoms with Gasteiger partial charge in [0.05, 0.1) is 10.6 Å². The van der Waals surface area contributed by atoms with Crippen LogP contribution in [0.1, 0.15) is 35.9 Å². The quantitative estimate of drug-likeness (QED) is 0.654. The van der Waals surface area contributed by atoms with Crippen LogP contribution in [-0.2, 0) is 0 Å². The Morgan fingerprint density at radius 2 is 2.11 bits per heavy atom. The molecule has 0 unspecified atom stereocenters. The van der Waals surface area contributed by atoms with Gasteiger partial charge < -0.3 is 5.73 Å². The highest BCUT2D eigenvalue weighted by atomic mass is 32.1. The first kappa shape index (κ1) is 12.8. The average molecular weight is 259 g/mol. The molecule has 0 aliphatic carbocycles. The molecule has 0 saturated heterocycles. The number of hydrogen-bond donors (Lipinski definition) is 2. The Morgan fingerprint density at radius 3 is 2.61 bits per heavy atom. The third kappa shape index (κ3) is 2.43. The van der Waals surface area contributed by atoms with Gasteiger partial charge in [-0.25, -0.2) is 4.98 Å². The second-order valence-electron chi connectivity index (χ2n) is 4.67. The van der Waals surface area contributed by atoms with Crippen molar-refractivity contribution >= 4 is 17.2 Å². The number of hydrogen-bond acceptors (Lipinski definition) is 3. The Balaban J connectivity index is 2.53. The van der Waals surface area contributed by atoms with Crippen LogP contribution in [0.3, 0.4) is 0 Å². The van der Waals surface area contributed by atoms with Crippen LogP contribution >= 0.6 is 11.3 Å². The molecule has 0 spiro atoms. The zero-order valence-corrected chi connectivity index (χ0v) is 11.6. The Kier molecular flexibility index (Phi) is 3.48. The highest BCUT2D eigenvalue weighted by molar-refractivity contribution is 7.17. The second-order valence-corrected chi connectivity index (χ2v) is 5.67. The Labute approximate surface area is 111 Å². The first-order valence-corrected chi connectivity index (χ1v) is 6.73. The van der Waals surface area contributed by atoms with Gasteiger partial charge in [-0.2, -0.15) is 0 Å². The molecule has 1 aromatic heterocycles. The minimum atomic E-state index is 0.107. The summed E-state index contributed by atoms with van der Waals surface area (Å²) in [4.78, 5) is 5.43. The van der Waals surface area contributed by atoms with Gasteiger partial charge in [0.2, 0.25) is 0 Å². The van der Waals surface area contributed by atoms with E-state index in [0.29, 0.717) is 0 Å². The van der Waals surface area contributed by atoms with E-state index in [1.165, 1.54) is 16.9 Å². The molecule has 2 rings (SSSR count). The fourth-order valence-corrected chi connectivity index (χ4v) is 2.90. The standard InChI is InChI=1S/C14H17N3S/c1-8(2)11-12(13(15)16)18-14(17-11)10-6-4-5-9(3)7-10/h4-8H,1-3H3,(H3,15,16). The van der Waals surface area contributed by atoms with E-state index in [1.54, 1.807) is 0 Å². The molecule has 0 saturated carbocycles. The van der Waals surface area contributed by atoms with Gasteiger partial charge in [0.25, 0.3) is 0 Å². The third-order valence-electron chi connectivity index (χ3n) is 2.71. The molecule has 0 aliphatic rings. The molecule has 0 amide bonds. The third-order valence-corrected chi connectivity index (χ3v) is 3.86. The SMILES string of the molecule is Cc1cccc(-c2nc(C(C)C)c(C(=N)N)s2)c1. The maximum absolute atomic E-state index is 7.64. The summed E-state index contributed by atoms with van der Waals surface area (Å²) in [5, 5.41) is 8.57. The van der Waals surface area contributed by atoms with E-state index >= 15 is 0 Å². The van der Waals surface area contributed by atoms with Crippen LogP contribution in [-0.4, -0.2) is 10.8 Å². The van der Waals surface area contributed by atoms with Crippen molar-refractivity contribution in [1.29, 1.82) is 5.41 Å². The average Bonchev–Trinajstić information content (AvgIpc) is 2.73. The van der Waals surface area contributed by atoms with Crippen molar-refractivity contribution in [3.8, 4) is 10.6 Å². The molecule has 3 N–H and O–H groups in total. The topological polar surface area (TPSA) is 62.8 Å². The van der Waals surface area contributed by atoms with Crippen LogP contribution in [0.15, 0.2) is 24.3 Å². The number of thiazole rings is 1. The highest BCUT2D eigenvalue weighted by Gasteiger charge is 2.17. The largest absolute Gasteiger partial charge is 0.383 e. The van der Waals surface area contributed by atoms with Crippen molar-refractivity contribution in [1.82, 2.24) is 4.98 Å². The molecule has 3 nitrogen and oxygen atoms in total. The van der Waals surface area contributed by atoms with E-state index in [9.17, 15) is 0 Å². The molecule has 0 atom stereocenters. The Bertz CT molecular complexity index is 584. The van der Waals surface area contributed by atoms with Crippen molar-refractivity contribution in [2.24, 2.45) is 5.73 Å². The summed E-state index contributed by atoms with van der Waals surface area (Å²) in [6.45, 7) is 6.20. The monoisotopic (exact) mass is 259 g/mol. The summed E-state index contributed by atoms with van der Waals surface area (Å²) in [5.74, 6) is 0.383. The van der Waals surface area contributed by atoms with Crippen molar-refractivity contribution in [3.63, 3.8) is 0 Å². The molecule has 18 heavy (non-hydrogen) atoms. The number of nitrogens with two attached hydrogens (primary N) is 1. The van der Waals surface area contributed by atoms with E-state index in [-0.39, 0.29) is 11.8 Å². The predicted molar refractivity (Wildman–Crippen MR) is 77.4 cm³/mol. The first-order chi connectivity index (χ1) is 8.49. The lowest BCUT2D eigenvalue weighted by Gasteiger charge is -2.02. The number of aromatic nitrogens is 1. The van der Waals surface area contributed by atoms with Gasteiger partial charge in [-0.3, -0.25) is 5.41 Å². The Hall–Kier alpha value is -1.68. The first-order valence-electron chi connectivity index (χ1n) is 5.91. The van der Waals surface area contributed by atoms with Crippen LogP contribution in [0.25, 0.3) is 10.6 Å². The summed E-state index contributed by atoms with van der Waals surface area (Å²) in [5.41, 5.74) is 8.85. The number of aryl methyl sites for hydroxylation is 1. The molecule has 4 heteroatoms. The molecule has 0 radical (unpaired) electrons. The number of amidine groups is 1. The zero-order valence-electron chi connectivity index (χ0n) is 10.8. The highest BCUT2D eigenvalue weighted by Crippen LogP contribution is 2.31. The molecule has 2 aromatic rings. The Morgan fingerprint density at radius 1 is 1.39 bits per heavy atom. The van der Waals surface area contributed by atoms with E-state index in [1.807, 2.05) is 12.1 Å². The summed E-state index contributed by atoms with van der Waals surface area (Å²) in [6.07, 6.45) is 0. The zero-order chi connectivity index (χ0) is 13.3. The van der Waals surface area contributed by atoms with Gasteiger partial charge in [-0.05, 0) is 18.9 Å². The number of rotatable bonds is 3. The molecule has 0 fully saturated rings. The van der Waals surface area contributed by atoms with Crippen LogP contribution in [0.5, 0.6) is 0 Å². The van der Waals surface area contributed by atoms with Crippen LogP contribution in [0.2, 0.25) is 0 Å². The van der Waals surface area contributed by atoms with Gasteiger partial charge in [-0.15, -0.1) is 11.3 Å². The molecule has 1 heterocycles. The molecule has 0 aliphatic heterocycles. The number of nitrogen functional groups attached to an aromatic ring is 1. The van der Waals surface area contributed by atoms with E-state index < -0.39 is 0 Å². The van der Waals surface area contributed by atoms with Crippen molar-refractivity contribution in [2.75, 3.05) is 0 Å². The van der Waals surface area contributed by atoms with Crippen molar-refractivity contribution in [3.05, 3.63) is 40.4 Å². The fourth-order valence-electron chi connectivity index (χ4n) is 1.82. The summed E-state index contributed by atoms with van der Waals surface area (Å²) in [7, 11) is 0. The molecular formula is C14H17N3S. The van der Waals surface area contributed by atoms with Crippen LogP contribution in [0, 0.1) is 12.3 Å². The van der Waals surface area contributed by atoms with E-state index in [4.69, 9.17) is 11.1 Å². The lowest BCUT2D eigenvalue weighted by atomic mass is 10.1. The van der Waals surface area contributed by atoms with Gasteiger partial charge in [0, 0.05) is 5.56 Å². The summed E-state index contributed by atoms with van der Waals surface area (Å²) < 4.78 is 0. The van der Waals surface area contributed by atoms with E-state index in [0.717, 1.165) is 21.1 Å². The van der Waals surface area contributed by atoms with Gasteiger partial charge in [-0.1, -0.05) is 37.6 Å². The second kappa shape index (κ2) is 4.90. The normalized spacial score (nSPS) is 10.9. The van der Waals surface area contributed by atoms with Crippen molar-refractivity contribution in [2.45, 2.75) is 26.7 Å². The maximum Gasteiger partial charge on any atom is 0.135 e. The summed E-state index contributed by atoms with van der Waals surface area (Å²) in [6, 6.07) is 8.23. The number of benzene rings is 1. The predicted octanol–water partition coefficient (Wildman–Crippen LogP) is 3.53. The van der Waals surface area contributed by atoms with Crippen molar-refractivity contribution < 1.29 is 0 Å². The fraction of sp³-hybridized carbons (Fsp3) is 0.286. The van der Waals surface area contributed by atoms with Crippen LogP contribution in [0.4, 0.5) is 0 Å². The molecular weight excluding hydrogens is 242 g/mol. The minimum Gasteiger partial charge on any atom is -0.383 e. The maximum atomic E-state index is 7.64. The summed E-state index contributed by atoms with van der Waals surface area (Å²) >= 11 is 1.50. The van der Waals surface area contributed by atoms with Gasteiger partial charge >= 0.3 is 0 Å². The minimum absolute atomic E-state index is 0.107. The molecule has 0 bridgehead atoms. The lowest BCUT2D eigenvalue weighted by Crippen LogP contribution is -2.12.